The molecule has 156 valence electrons. The molecule has 28 heavy (non-hydrogen) atoms. The van der Waals surface area contributed by atoms with Crippen molar-refractivity contribution in [3.05, 3.63) is 17.7 Å². The fourth-order valence-electron chi connectivity index (χ4n) is 2.43. The van der Waals surface area contributed by atoms with Crippen LogP contribution in [0.5, 0.6) is 17.2 Å². The van der Waals surface area contributed by atoms with Gasteiger partial charge in [0, 0.05) is 23.7 Å². The third-order valence-electron chi connectivity index (χ3n) is 3.45. The molecule has 0 saturated carbocycles. The maximum atomic E-state index is 12.7. The summed E-state index contributed by atoms with van der Waals surface area (Å²) in [5, 5.41) is 8.74. The minimum atomic E-state index is -2.98. The molecule has 0 unspecified atom stereocenters. The van der Waals surface area contributed by atoms with Gasteiger partial charge in [0.05, 0.1) is 13.1 Å². The summed E-state index contributed by atoms with van der Waals surface area (Å²) in [5.41, 5.74) is 0.0586. The van der Waals surface area contributed by atoms with Gasteiger partial charge in [0.2, 0.25) is 12.7 Å². The van der Waals surface area contributed by atoms with Gasteiger partial charge >= 0.3 is 6.61 Å². The second-order valence-electron chi connectivity index (χ2n) is 7.04. The van der Waals surface area contributed by atoms with E-state index in [1.807, 2.05) is 27.7 Å². The summed E-state index contributed by atoms with van der Waals surface area (Å²) in [7, 11) is 0. The summed E-state index contributed by atoms with van der Waals surface area (Å²) >= 11 is 0. The van der Waals surface area contributed by atoms with E-state index in [0.29, 0.717) is 29.6 Å². The summed E-state index contributed by atoms with van der Waals surface area (Å²) in [6.45, 7) is 5.18. The number of nitrogens with zero attached hydrogens (tertiary/aromatic N) is 1. The van der Waals surface area contributed by atoms with Crippen LogP contribution in [0.25, 0.3) is 0 Å². The van der Waals surface area contributed by atoms with Crippen molar-refractivity contribution in [2.75, 3.05) is 19.9 Å². The monoisotopic (exact) mass is 400 g/mol. The third kappa shape index (κ3) is 6.75. The van der Waals surface area contributed by atoms with E-state index in [0.717, 1.165) is 0 Å². The molecule has 0 aliphatic carbocycles. The number of halogens is 2. The van der Waals surface area contributed by atoms with Crippen molar-refractivity contribution in [2.24, 2.45) is 4.99 Å². The first-order valence-corrected chi connectivity index (χ1v) is 8.88. The van der Waals surface area contributed by atoms with E-state index < -0.39 is 6.61 Å². The van der Waals surface area contributed by atoms with Crippen LogP contribution in [0.2, 0.25) is 0 Å². The third-order valence-corrected chi connectivity index (χ3v) is 3.45. The molecule has 2 rings (SSSR count). The Bertz CT molecular complexity index is 720. The Hall–Kier alpha value is -2.78. The van der Waals surface area contributed by atoms with E-state index in [9.17, 15) is 13.6 Å². The van der Waals surface area contributed by atoms with Crippen LogP contribution in [0.15, 0.2) is 17.1 Å². The number of nitrogens with one attached hydrogen (secondary N) is 3. The molecule has 0 atom stereocenters. The molecule has 0 spiro atoms. The minimum absolute atomic E-state index is 0.0171. The Balaban J connectivity index is 2.10. The molecule has 1 amide bonds. The first-order chi connectivity index (χ1) is 13.2. The number of fused-ring (bicyclic) bond motifs is 1. The lowest BCUT2D eigenvalue weighted by Crippen LogP contribution is -2.48. The summed E-state index contributed by atoms with van der Waals surface area (Å²) in [6.07, 6.45) is 0. The smallest absolute Gasteiger partial charge is 0.387 e. The highest BCUT2D eigenvalue weighted by Crippen LogP contribution is 2.38. The minimum Gasteiger partial charge on any atom is -0.454 e. The van der Waals surface area contributed by atoms with Crippen LogP contribution >= 0.6 is 0 Å². The van der Waals surface area contributed by atoms with Crippen molar-refractivity contribution >= 4 is 11.9 Å². The van der Waals surface area contributed by atoms with Gasteiger partial charge in [-0.25, -0.2) is 4.99 Å². The van der Waals surface area contributed by atoms with Gasteiger partial charge in [-0.05, 0) is 33.8 Å². The number of alkyl halides is 2. The predicted molar refractivity (Wildman–Crippen MR) is 99.9 cm³/mol. The molecule has 0 radical (unpaired) electrons. The van der Waals surface area contributed by atoms with Crippen molar-refractivity contribution in [3.63, 3.8) is 0 Å². The van der Waals surface area contributed by atoms with Gasteiger partial charge in [-0.1, -0.05) is 0 Å². The number of guanidine groups is 1. The number of carbonyl (C=O) groups is 1. The number of rotatable bonds is 7. The largest absolute Gasteiger partial charge is 0.454 e. The van der Waals surface area contributed by atoms with E-state index in [4.69, 9.17) is 9.47 Å². The Morgan fingerprint density at radius 3 is 2.54 bits per heavy atom. The van der Waals surface area contributed by atoms with Gasteiger partial charge < -0.3 is 30.2 Å². The highest BCUT2D eigenvalue weighted by atomic mass is 19.3. The average molecular weight is 400 g/mol. The SMILES string of the molecule is CCNC(=NCc1cc2c(cc1OC(F)F)OCO2)NCC(=O)NC(C)(C)C. The molecule has 0 saturated heterocycles. The van der Waals surface area contributed by atoms with Crippen LogP contribution in [-0.4, -0.2) is 43.9 Å². The standard InChI is InChI=1S/C18H26F2N4O4/c1-5-21-17(23-9-15(25)24-18(2,3)4)22-8-11-6-13-14(27-10-26-13)7-12(11)28-16(19)20/h6-7,16H,5,8-10H2,1-4H3,(H,24,25)(H2,21,22,23). The molecular formula is C18H26F2N4O4. The number of hydrogen-bond donors (Lipinski definition) is 3. The van der Waals surface area contributed by atoms with E-state index in [1.165, 1.54) is 6.07 Å². The summed E-state index contributed by atoms with van der Waals surface area (Å²) in [5.74, 6) is 0.918. The van der Waals surface area contributed by atoms with E-state index in [-0.39, 0.29) is 37.1 Å². The van der Waals surface area contributed by atoms with Crippen molar-refractivity contribution in [2.45, 2.75) is 46.4 Å². The van der Waals surface area contributed by atoms with Crippen LogP contribution in [-0.2, 0) is 11.3 Å². The molecule has 1 heterocycles. The first kappa shape index (κ1) is 21.5. The maximum absolute atomic E-state index is 12.7. The van der Waals surface area contributed by atoms with Gasteiger partial charge in [0.1, 0.15) is 5.75 Å². The molecule has 10 heteroatoms. The van der Waals surface area contributed by atoms with Crippen LogP contribution in [0.1, 0.15) is 33.3 Å². The highest BCUT2D eigenvalue weighted by Gasteiger charge is 2.20. The molecule has 1 aliphatic rings. The predicted octanol–water partition coefficient (Wildman–Crippen LogP) is 1.99. The molecule has 1 aromatic rings. The molecule has 0 aromatic heterocycles. The summed E-state index contributed by atoms with van der Waals surface area (Å²) < 4.78 is 40.5. The number of amides is 1. The Kier molecular flexibility index (Phi) is 7.24. The second-order valence-corrected chi connectivity index (χ2v) is 7.04. The first-order valence-electron chi connectivity index (χ1n) is 8.88. The normalized spacial score (nSPS) is 13.5. The fraction of sp³-hybridized carbons (Fsp3) is 0.556. The van der Waals surface area contributed by atoms with Gasteiger partial charge in [0.25, 0.3) is 0 Å². The Morgan fingerprint density at radius 2 is 1.93 bits per heavy atom. The Morgan fingerprint density at radius 1 is 1.25 bits per heavy atom. The average Bonchev–Trinajstić information content (AvgIpc) is 3.02. The lowest BCUT2D eigenvalue weighted by atomic mass is 10.1. The van der Waals surface area contributed by atoms with E-state index >= 15 is 0 Å². The lowest BCUT2D eigenvalue weighted by molar-refractivity contribution is -0.121. The van der Waals surface area contributed by atoms with E-state index in [1.54, 1.807) is 6.07 Å². The van der Waals surface area contributed by atoms with Crippen LogP contribution in [0.3, 0.4) is 0 Å². The number of carbonyl (C=O) groups excluding carboxylic acids is 1. The molecule has 0 fully saturated rings. The lowest BCUT2D eigenvalue weighted by Gasteiger charge is -2.21. The van der Waals surface area contributed by atoms with Crippen molar-refractivity contribution in [3.8, 4) is 17.2 Å². The molecule has 3 N–H and O–H groups in total. The summed E-state index contributed by atoms with van der Waals surface area (Å²) in [6, 6.07) is 2.91. The molecule has 1 aliphatic heterocycles. The quantitative estimate of drug-likeness (QED) is 0.479. The fourth-order valence-corrected chi connectivity index (χ4v) is 2.43. The van der Waals surface area contributed by atoms with Gasteiger partial charge in [-0.3, -0.25) is 4.79 Å². The molecule has 0 bridgehead atoms. The Labute approximate surface area is 162 Å². The zero-order chi connectivity index (χ0) is 20.7. The number of ether oxygens (including phenoxy) is 3. The van der Waals surface area contributed by atoms with Crippen LogP contribution in [0, 0.1) is 0 Å². The van der Waals surface area contributed by atoms with Crippen molar-refractivity contribution in [1.29, 1.82) is 0 Å². The number of aliphatic imine (C=N–C) groups is 1. The number of benzene rings is 1. The summed E-state index contributed by atoms with van der Waals surface area (Å²) in [4.78, 5) is 16.3. The van der Waals surface area contributed by atoms with E-state index in [2.05, 4.69) is 25.7 Å². The second kappa shape index (κ2) is 9.43. The van der Waals surface area contributed by atoms with Gasteiger partial charge in [-0.15, -0.1) is 0 Å². The van der Waals surface area contributed by atoms with Gasteiger partial charge in [0.15, 0.2) is 17.5 Å². The van der Waals surface area contributed by atoms with Crippen molar-refractivity contribution in [1.82, 2.24) is 16.0 Å². The molecule has 8 nitrogen and oxygen atoms in total. The topological polar surface area (TPSA) is 93.2 Å². The zero-order valence-electron chi connectivity index (χ0n) is 16.4. The van der Waals surface area contributed by atoms with Gasteiger partial charge in [-0.2, -0.15) is 8.78 Å². The molecule has 1 aromatic carbocycles. The number of hydrogen-bond acceptors (Lipinski definition) is 5. The highest BCUT2D eigenvalue weighted by molar-refractivity contribution is 5.86. The zero-order valence-corrected chi connectivity index (χ0v) is 16.4. The maximum Gasteiger partial charge on any atom is 0.387 e. The van der Waals surface area contributed by atoms with Crippen LogP contribution < -0.4 is 30.2 Å². The molecular weight excluding hydrogens is 374 g/mol. The van der Waals surface area contributed by atoms with Crippen molar-refractivity contribution < 1.29 is 27.8 Å². The van der Waals surface area contributed by atoms with Crippen LogP contribution in [0.4, 0.5) is 8.78 Å².